The Hall–Kier alpha value is -0.870. The van der Waals surface area contributed by atoms with E-state index in [9.17, 15) is 0 Å². The van der Waals surface area contributed by atoms with Gasteiger partial charge in [0.05, 0.1) is 0 Å². The molecule has 15 heavy (non-hydrogen) atoms. The second-order valence-electron chi connectivity index (χ2n) is 4.45. The molecule has 2 rings (SSSR count). The van der Waals surface area contributed by atoms with E-state index in [4.69, 9.17) is 11.6 Å². The van der Waals surface area contributed by atoms with Gasteiger partial charge in [-0.3, -0.25) is 0 Å². The molecule has 1 aromatic rings. The molecule has 5 heteroatoms. The van der Waals surface area contributed by atoms with Gasteiger partial charge >= 0.3 is 0 Å². The van der Waals surface area contributed by atoms with Crippen molar-refractivity contribution in [3.63, 3.8) is 0 Å². The molecule has 82 valence electrons. The van der Waals surface area contributed by atoms with Crippen LogP contribution in [0.3, 0.4) is 0 Å². The highest BCUT2D eigenvalue weighted by molar-refractivity contribution is 6.29. The fourth-order valence-corrected chi connectivity index (χ4v) is 1.92. The van der Waals surface area contributed by atoms with Gasteiger partial charge in [0.2, 0.25) is 0 Å². The Bertz CT molecular complexity index is 336. The van der Waals surface area contributed by atoms with E-state index in [1.165, 1.54) is 0 Å². The van der Waals surface area contributed by atoms with Gasteiger partial charge in [-0.25, -0.2) is 0 Å². The van der Waals surface area contributed by atoms with Crippen molar-refractivity contribution in [3.05, 3.63) is 17.3 Å². The molecule has 0 bridgehead atoms. The summed E-state index contributed by atoms with van der Waals surface area (Å²) in [6.45, 7) is 7.23. The predicted octanol–water partition coefficient (Wildman–Crippen LogP) is 1.32. The molecule has 0 spiro atoms. The molecule has 0 atom stereocenters. The molecular weight excluding hydrogens is 212 g/mol. The molecule has 1 saturated heterocycles. The molecule has 0 aromatic carbocycles. The molecule has 0 saturated carbocycles. The lowest BCUT2D eigenvalue weighted by molar-refractivity contribution is 0.351. The second kappa shape index (κ2) is 3.94. The van der Waals surface area contributed by atoms with Crippen LogP contribution >= 0.6 is 11.6 Å². The number of hydrogen-bond acceptors (Lipinski definition) is 4. The SMILES string of the molecule is CC1(C)CN(c2ccc(Cl)nn2)CCN1. The summed E-state index contributed by atoms with van der Waals surface area (Å²) < 4.78 is 0. The first kappa shape index (κ1) is 10.6. The van der Waals surface area contributed by atoms with Crippen LogP contribution in [0.4, 0.5) is 5.82 Å². The Labute approximate surface area is 94.6 Å². The molecule has 1 aliphatic rings. The van der Waals surface area contributed by atoms with E-state index >= 15 is 0 Å². The van der Waals surface area contributed by atoms with Crippen LogP contribution in [0.25, 0.3) is 0 Å². The Kier molecular flexibility index (Phi) is 2.80. The molecule has 1 fully saturated rings. The van der Waals surface area contributed by atoms with Crippen molar-refractivity contribution in [2.75, 3.05) is 24.5 Å². The lowest BCUT2D eigenvalue weighted by Crippen LogP contribution is -2.57. The van der Waals surface area contributed by atoms with Crippen LogP contribution in [0.1, 0.15) is 13.8 Å². The van der Waals surface area contributed by atoms with E-state index in [0.717, 1.165) is 25.5 Å². The summed E-state index contributed by atoms with van der Waals surface area (Å²) in [5, 5.41) is 11.8. The fourth-order valence-electron chi connectivity index (χ4n) is 1.81. The zero-order chi connectivity index (χ0) is 10.9. The van der Waals surface area contributed by atoms with Gasteiger partial charge in [0.25, 0.3) is 0 Å². The number of aromatic nitrogens is 2. The summed E-state index contributed by atoms with van der Waals surface area (Å²) in [5.41, 5.74) is 0.125. The summed E-state index contributed by atoms with van der Waals surface area (Å²) in [6, 6.07) is 3.69. The molecule has 0 radical (unpaired) electrons. The number of piperazine rings is 1. The molecular formula is C10H15ClN4. The van der Waals surface area contributed by atoms with Gasteiger partial charge < -0.3 is 10.2 Å². The Morgan fingerprint density at radius 2 is 2.20 bits per heavy atom. The highest BCUT2D eigenvalue weighted by atomic mass is 35.5. The average molecular weight is 227 g/mol. The summed E-state index contributed by atoms with van der Waals surface area (Å²) in [4.78, 5) is 2.22. The zero-order valence-electron chi connectivity index (χ0n) is 9.00. The quantitative estimate of drug-likeness (QED) is 0.784. The molecule has 0 amide bonds. The standard InChI is InChI=1S/C10H15ClN4/c1-10(2)7-15(6-5-12-10)9-4-3-8(11)13-14-9/h3-4,12H,5-7H2,1-2H3. The van der Waals surface area contributed by atoms with Gasteiger partial charge in [0, 0.05) is 25.2 Å². The number of anilines is 1. The van der Waals surface area contributed by atoms with Crippen molar-refractivity contribution in [3.8, 4) is 0 Å². The van der Waals surface area contributed by atoms with E-state index in [-0.39, 0.29) is 5.54 Å². The summed E-state index contributed by atoms with van der Waals surface area (Å²) >= 11 is 5.70. The van der Waals surface area contributed by atoms with Crippen LogP contribution in [0.2, 0.25) is 5.15 Å². The largest absolute Gasteiger partial charge is 0.352 e. The van der Waals surface area contributed by atoms with Gasteiger partial charge in [-0.15, -0.1) is 10.2 Å². The third kappa shape index (κ3) is 2.58. The monoisotopic (exact) mass is 226 g/mol. The number of rotatable bonds is 1. The third-order valence-electron chi connectivity index (χ3n) is 2.51. The van der Waals surface area contributed by atoms with Gasteiger partial charge in [-0.2, -0.15) is 0 Å². The smallest absolute Gasteiger partial charge is 0.151 e. The summed E-state index contributed by atoms with van der Waals surface area (Å²) in [5.74, 6) is 0.897. The van der Waals surface area contributed by atoms with Crippen LogP contribution in [0, 0.1) is 0 Å². The minimum absolute atomic E-state index is 0.125. The molecule has 1 aromatic heterocycles. The number of nitrogens with one attached hydrogen (secondary N) is 1. The van der Waals surface area contributed by atoms with Crippen molar-refractivity contribution in [1.82, 2.24) is 15.5 Å². The minimum Gasteiger partial charge on any atom is -0.352 e. The van der Waals surface area contributed by atoms with Crippen LogP contribution in [-0.4, -0.2) is 35.4 Å². The minimum atomic E-state index is 0.125. The van der Waals surface area contributed by atoms with E-state index in [1.807, 2.05) is 6.07 Å². The highest BCUT2D eigenvalue weighted by Gasteiger charge is 2.26. The first-order valence-electron chi connectivity index (χ1n) is 5.06. The molecule has 0 aliphatic carbocycles. The summed E-state index contributed by atoms with van der Waals surface area (Å²) in [7, 11) is 0. The average Bonchev–Trinajstić information content (AvgIpc) is 2.17. The predicted molar refractivity (Wildman–Crippen MR) is 61.3 cm³/mol. The lowest BCUT2D eigenvalue weighted by Gasteiger charge is -2.39. The van der Waals surface area contributed by atoms with Crippen LogP contribution in [0.15, 0.2) is 12.1 Å². The van der Waals surface area contributed by atoms with Crippen molar-refractivity contribution in [1.29, 1.82) is 0 Å². The second-order valence-corrected chi connectivity index (χ2v) is 4.83. The maximum atomic E-state index is 5.70. The zero-order valence-corrected chi connectivity index (χ0v) is 9.75. The number of nitrogens with zero attached hydrogens (tertiary/aromatic N) is 3. The van der Waals surface area contributed by atoms with Crippen molar-refractivity contribution < 1.29 is 0 Å². The summed E-state index contributed by atoms with van der Waals surface area (Å²) in [6.07, 6.45) is 0. The van der Waals surface area contributed by atoms with E-state index in [0.29, 0.717) is 5.15 Å². The highest BCUT2D eigenvalue weighted by Crippen LogP contribution is 2.17. The fraction of sp³-hybridized carbons (Fsp3) is 0.600. The van der Waals surface area contributed by atoms with E-state index < -0.39 is 0 Å². The molecule has 4 nitrogen and oxygen atoms in total. The molecule has 1 N–H and O–H groups in total. The van der Waals surface area contributed by atoms with Gasteiger partial charge in [-0.1, -0.05) is 11.6 Å². The number of halogens is 1. The van der Waals surface area contributed by atoms with E-state index in [2.05, 4.69) is 34.3 Å². The maximum absolute atomic E-state index is 5.70. The lowest BCUT2D eigenvalue weighted by atomic mass is 10.0. The normalized spacial score (nSPS) is 20.3. The van der Waals surface area contributed by atoms with Crippen molar-refractivity contribution in [2.24, 2.45) is 0 Å². The van der Waals surface area contributed by atoms with Crippen LogP contribution in [0.5, 0.6) is 0 Å². The topological polar surface area (TPSA) is 41.1 Å². The van der Waals surface area contributed by atoms with Crippen LogP contribution < -0.4 is 10.2 Å². The Balaban J connectivity index is 2.13. The van der Waals surface area contributed by atoms with Gasteiger partial charge in [0.1, 0.15) is 0 Å². The van der Waals surface area contributed by atoms with Gasteiger partial charge in [-0.05, 0) is 26.0 Å². The first-order valence-corrected chi connectivity index (χ1v) is 5.44. The van der Waals surface area contributed by atoms with Crippen LogP contribution in [-0.2, 0) is 0 Å². The Morgan fingerprint density at radius 3 is 2.80 bits per heavy atom. The third-order valence-corrected chi connectivity index (χ3v) is 2.71. The van der Waals surface area contributed by atoms with Gasteiger partial charge in [0.15, 0.2) is 11.0 Å². The Morgan fingerprint density at radius 1 is 1.40 bits per heavy atom. The van der Waals surface area contributed by atoms with E-state index in [1.54, 1.807) is 6.07 Å². The number of hydrogen-bond donors (Lipinski definition) is 1. The van der Waals surface area contributed by atoms with Crippen molar-refractivity contribution >= 4 is 17.4 Å². The molecule has 2 heterocycles. The van der Waals surface area contributed by atoms with Crippen molar-refractivity contribution in [2.45, 2.75) is 19.4 Å². The molecule has 1 aliphatic heterocycles. The molecule has 0 unspecified atom stereocenters. The maximum Gasteiger partial charge on any atom is 0.151 e. The first-order chi connectivity index (χ1) is 7.07.